The van der Waals surface area contributed by atoms with E-state index >= 15 is 0 Å². The van der Waals surface area contributed by atoms with Crippen LogP contribution >= 0.6 is 11.8 Å². The molecule has 28 heavy (non-hydrogen) atoms. The van der Waals surface area contributed by atoms with Crippen LogP contribution < -0.4 is 0 Å². The molecule has 0 aliphatic rings. The number of aromatic amines is 1. The van der Waals surface area contributed by atoms with Gasteiger partial charge in [0.1, 0.15) is 23.2 Å². The van der Waals surface area contributed by atoms with E-state index in [9.17, 15) is 9.18 Å². The molecule has 1 N–H and O–H groups in total. The Morgan fingerprint density at radius 3 is 2.89 bits per heavy atom. The molecule has 0 bridgehead atoms. The molecule has 0 radical (unpaired) electrons. The Hall–Kier alpha value is -2.87. The van der Waals surface area contributed by atoms with E-state index in [4.69, 9.17) is 4.42 Å². The third-order valence-corrected chi connectivity index (χ3v) is 4.91. The Balaban J connectivity index is 1.56. The van der Waals surface area contributed by atoms with Crippen molar-refractivity contribution in [3.05, 3.63) is 65.1 Å². The van der Waals surface area contributed by atoms with Crippen molar-refractivity contribution >= 4 is 29.8 Å². The van der Waals surface area contributed by atoms with Gasteiger partial charge >= 0.3 is 0 Å². The Kier molecular flexibility index (Phi) is 6.30. The zero-order valence-corrected chi connectivity index (χ0v) is 16.7. The zero-order chi connectivity index (χ0) is 20.1. The van der Waals surface area contributed by atoms with Crippen LogP contribution in [0.25, 0.3) is 12.2 Å². The number of benzene rings is 1. The molecule has 0 saturated carbocycles. The van der Waals surface area contributed by atoms with Gasteiger partial charge in [0.25, 0.3) is 0 Å². The molecule has 1 unspecified atom stereocenters. The van der Waals surface area contributed by atoms with Gasteiger partial charge in [0.2, 0.25) is 11.1 Å². The molecule has 8 heteroatoms. The highest BCUT2D eigenvalue weighted by Gasteiger charge is 2.20. The number of carbonyl (C=O) groups is 1. The van der Waals surface area contributed by atoms with E-state index in [2.05, 4.69) is 15.2 Å². The quantitative estimate of drug-likeness (QED) is 0.603. The van der Waals surface area contributed by atoms with E-state index in [1.54, 1.807) is 43.2 Å². The van der Waals surface area contributed by atoms with Gasteiger partial charge in [0, 0.05) is 13.6 Å². The second-order valence-corrected chi connectivity index (χ2v) is 7.68. The molecule has 0 spiro atoms. The van der Waals surface area contributed by atoms with Gasteiger partial charge in [0.15, 0.2) is 0 Å². The number of thioether (sulfide) groups is 1. The van der Waals surface area contributed by atoms with Crippen LogP contribution in [0.15, 0.2) is 46.0 Å². The number of hydrogen-bond acceptors (Lipinski definition) is 5. The smallest absolute Gasteiger partial charge is 0.235 e. The number of aromatic nitrogens is 3. The third kappa shape index (κ3) is 5.32. The number of carbonyl (C=O) groups excluding carboxylic acids is 1. The summed E-state index contributed by atoms with van der Waals surface area (Å²) in [6, 6.07) is 9.98. The molecule has 3 rings (SSSR count). The Morgan fingerprint density at radius 2 is 2.18 bits per heavy atom. The highest BCUT2D eigenvalue weighted by atomic mass is 32.2. The fraction of sp³-hybridized carbons (Fsp3) is 0.250. The normalized spacial score (nSPS) is 12.4. The van der Waals surface area contributed by atoms with Crippen molar-refractivity contribution in [2.75, 3.05) is 7.05 Å². The van der Waals surface area contributed by atoms with Crippen molar-refractivity contribution in [1.82, 2.24) is 20.1 Å². The first-order valence-corrected chi connectivity index (χ1v) is 9.61. The van der Waals surface area contributed by atoms with Crippen molar-refractivity contribution in [2.24, 2.45) is 0 Å². The molecule has 1 atom stereocenters. The molecule has 3 aromatic rings. The van der Waals surface area contributed by atoms with Crippen LogP contribution in [-0.2, 0) is 11.3 Å². The van der Waals surface area contributed by atoms with E-state index in [1.165, 1.54) is 23.9 Å². The van der Waals surface area contributed by atoms with Crippen molar-refractivity contribution in [3.8, 4) is 0 Å². The zero-order valence-electron chi connectivity index (χ0n) is 15.8. The van der Waals surface area contributed by atoms with Crippen molar-refractivity contribution in [1.29, 1.82) is 0 Å². The van der Waals surface area contributed by atoms with Gasteiger partial charge in [0.05, 0.1) is 5.25 Å². The minimum absolute atomic E-state index is 0.0813. The minimum Gasteiger partial charge on any atom is -0.462 e. The first-order valence-electron chi connectivity index (χ1n) is 8.73. The lowest BCUT2D eigenvalue weighted by molar-refractivity contribution is -0.129. The number of nitrogens with zero attached hydrogens (tertiary/aromatic N) is 3. The van der Waals surface area contributed by atoms with Crippen molar-refractivity contribution < 1.29 is 13.6 Å². The average Bonchev–Trinajstić information content (AvgIpc) is 3.28. The Bertz CT molecular complexity index is 982. The van der Waals surface area contributed by atoms with E-state index in [1.807, 2.05) is 19.1 Å². The lowest BCUT2D eigenvalue weighted by Crippen LogP contribution is -2.32. The fourth-order valence-corrected chi connectivity index (χ4v) is 3.44. The molecule has 0 aliphatic carbocycles. The van der Waals surface area contributed by atoms with Gasteiger partial charge in [-0.15, -0.1) is 5.10 Å². The van der Waals surface area contributed by atoms with Crippen molar-refractivity contribution in [3.63, 3.8) is 0 Å². The maximum Gasteiger partial charge on any atom is 0.235 e. The van der Waals surface area contributed by atoms with Crippen LogP contribution in [0.5, 0.6) is 0 Å². The molecule has 2 aromatic heterocycles. The molecule has 1 amide bonds. The second-order valence-electron chi connectivity index (χ2n) is 6.37. The number of halogens is 1. The van der Waals surface area contributed by atoms with E-state index in [0.717, 1.165) is 17.1 Å². The van der Waals surface area contributed by atoms with Gasteiger partial charge in [-0.25, -0.2) is 9.37 Å². The SMILES string of the molecule is Cc1ccc(/C=C/c2nc(SC(C)C(=O)N(C)Cc3cccc(F)c3)n[nH]2)o1. The highest BCUT2D eigenvalue weighted by molar-refractivity contribution is 8.00. The van der Waals surface area contributed by atoms with Crippen molar-refractivity contribution in [2.45, 2.75) is 30.8 Å². The number of rotatable bonds is 7. The molecule has 2 heterocycles. The molecule has 1 aromatic carbocycles. The van der Waals surface area contributed by atoms with Crippen LogP contribution in [-0.4, -0.2) is 38.3 Å². The topological polar surface area (TPSA) is 75.0 Å². The standard InChI is InChI=1S/C20H21FN4O2S/c1-13-7-8-17(27-13)9-10-18-22-20(24-23-18)28-14(2)19(26)25(3)12-15-5-4-6-16(21)11-15/h4-11,14H,12H2,1-3H3,(H,22,23,24)/b10-9+. The molecular weight excluding hydrogens is 379 g/mol. The van der Waals surface area contributed by atoms with Gasteiger partial charge < -0.3 is 9.32 Å². The number of nitrogens with one attached hydrogen (secondary N) is 1. The maximum atomic E-state index is 13.3. The third-order valence-electron chi connectivity index (χ3n) is 3.96. The summed E-state index contributed by atoms with van der Waals surface area (Å²) in [7, 11) is 1.70. The monoisotopic (exact) mass is 400 g/mol. The molecule has 0 saturated heterocycles. The first-order chi connectivity index (χ1) is 13.4. The van der Waals surface area contributed by atoms with Gasteiger partial charge in [-0.2, -0.15) is 0 Å². The second kappa shape index (κ2) is 8.88. The number of hydrogen-bond donors (Lipinski definition) is 1. The minimum atomic E-state index is -0.376. The molecule has 0 fully saturated rings. The number of aryl methyl sites for hydroxylation is 1. The molecule has 146 valence electrons. The number of amides is 1. The van der Waals surface area contributed by atoms with Gasteiger partial charge in [-0.05, 0) is 55.8 Å². The number of furan rings is 1. The van der Waals surface area contributed by atoms with E-state index in [0.29, 0.717) is 17.5 Å². The van der Waals surface area contributed by atoms with E-state index < -0.39 is 0 Å². The lowest BCUT2D eigenvalue weighted by atomic mass is 10.2. The summed E-state index contributed by atoms with van der Waals surface area (Å²) in [4.78, 5) is 18.5. The van der Waals surface area contributed by atoms with Crippen LogP contribution in [0, 0.1) is 12.7 Å². The summed E-state index contributed by atoms with van der Waals surface area (Å²) in [6.45, 7) is 4.02. The van der Waals surface area contributed by atoms with Crippen LogP contribution in [0.3, 0.4) is 0 Å². The van der Waals surface area contributed by atoms with Crippen LogP contribution in [0.1, 0.15) is 29.8 Å². The van der Waals surface area contributed by atoms with Crippen LogP contribution in [0.2, 0.25) is 0 Å². The molecule has 6 nitrogen and oxygen atoms in total. The maximum absolute atomic E-state index is 13.3. The Labute approximate surface area is 166 Å². The van der Waals surface area contributed by atoms with Crippen LogP contribution in [0.4, 0.5) is 4.39 Å². The largest absolute Gasteiger partial charge is 0.462 e. The number of H-pyrrole nitrogens is 1. The summed E-state index contributed by atoms with van der Waals surface area (Å²) in [5.41, 5.74) is 0.742. The predicted octanol–water partition coefficient (Wildman–Crippen LogP) is 4.15. The molecule has 0 aliphatic heterocycles. The van der Waals surface area contributed by atoms with Gasteiger partial charge in [-0.1, -0.05) is 23.9 Å². The summed E-state index contributed by atoms with van der Waals surface area (Å²) in [6.07, 6.45) is 3.56. The first kappa shape index (κ1) is 19.9. The fourth-order valence-electron chi connectivity index (χ4n) is 2.60. The van der Waals surface area contributed by atoms with Gasteiger partial charge in [-0.3, -0.25) is 9.89 Å². The average molecular weight is 400 g/mol. The predicted molar refractivity (Wildman–Crippen MR) is 107 cm³/mol. The summed E-state index contributed by atoms with van der Waals surface area (Å²) in [5, 5.41) is 7.07. The summed E-state index contributed by atoms with van der Waals surface area (Å²) in [5.74, 6) is 1.74. The van der Waals surface area contributed by atoms with E-state index in [-0.39, 0.29) is 17.0 Å². The highest BCUT2D eigenvalue weighted by Crippen LogP contribution is 2.22. The lowest BCUT2D eigenvalue weighted by Gasteiger charge is -2.20. The summed E-state index contributed by atoms with van der Waals surface area (Å²) >= 11 is 1.26. The Morgan fingerprint density at radius 1 is 1.36 bits per heavy atom. The summed E-state index contributed by atoms with van der Waals surface area (Å²) < 4.78 is 18.8. The molecular formula is C20H21FN4O2S.